The lowest BCUT2D eigenvalue weighted by Gasteiger charge is -2.33. The van der Waals surface area contributed by atoms with E-state index in [9.17, 15) is 9.59 Å². The summed E-state index contributed by atoms with van der Waals surface area (Å²) < 4.78 is 6.09. The van der Waals surface area contributed by atoms with E-state index in [4.69, 9.17) is 22.1 Å². The summed E-state index contributed by atoms with van der Waals surface area (Å²) in [5.41, 5.74) is 6.78. The number of nitrogens with two attached hydrogens (primary N) is 1. The fraction of sp³-hybridized carbons (Fsp3) is 0.273. The van der Waals surface area contributed by atoms with Crippen molar-refractivity contribution in [3.05, 3.63) is 75.7 Å². The zero-order valence-electron chi connectivity index (χ0n) is 15.8. The molecule has 6 nitrogen and oxygen atoms in total. The average Bonchev–Trinajstić information content (AvgIpc) is 2.75. The molecule has 1 aliphatic rings. The van der Waals surface area contributed by atoms with Gasteiger partial charge in [-0.3, -0.25) is 9.59 Å². The molecule has 0 radical (unpaired) electrons. The predicted molar refractivity (Wildman–Crippen MR) is 113 cm³/mol. The van der Waals surface area contributed by atoms with Gasteiger partial charge < -0.3 is 20.4 Å². The minimum atomic E-state index is -0.651. The Morgan fingerprint density at radius 2 is 1.90 bits per heavy atom. The minimum absolute atomic E-state index is 0.0519. The third-order valence-corrected chi connectivity index (χ3v) is 5.59. The summed E-state index contributed by atoms with van der Waals surface area (Å²) in [6, 6.07) is 14.0. The molecule has 0 unspecified atom stereocenters. The Morgan fingerprint density at radius 3 is 2.62 bits per heavy atom. The molecule has 3 N–H and O–H groups in total. The van der Waals surface area contributed by atoms with Crippen LogP contribution in [0.1, 0.15) is 24.4 Å². The number of amides is 1. The van der Waals surface area contributed by atoms with Crippen LogP contribution in [0.2, 0.25) is 5.02 Å². The second-order valence-corrected chi connectivity index (χ2v) is 7.61. The zero-order chi connectivity index (χ0) is 20.4. The molecular weight excluding hydrogens is 390 g/mol. The molecule has 1 fully saturated rings. The number of carbonyl (C=O) groups excluding carboxylic acids is 1. The highest BCUT2D eigenvalue weighted by molar-refractivity contribution is 6.32. The number of ether oxygens (including phenoxy) is 1. The first-order valence-electron chi connectivity index (χ1n) is 9.60. The molecule has 0 bridgehead atoms. The Hall–Kier alpha value is -2.83. The number of fused-ring (bicyclic) bond motifs is 1. The highest BCUT2D eigenvalue weighted by Gasteiger charge is 2.28. The molecule has 0 aliphatic carbocycles. The monoisotopic (exact) mass is 411 g/mol. The first kappa shape index (κ1) is 19.5. The molecule has 1 aliphatic heterocycles. The van der Waals surface area contributed by atoms with Crippen LogP contribution in [0.5, 0.6) is 5.75 Å². The smallest absolute Gasteiger partial charge is 0.255 e. The maximum atomic E-state index is 12.7. The van der Waals surface area contributed by atoms with Gasteiger partial charge >= 0.3 is 0 Å². The van der Waals surface area contributed by atoms with Crippen LogP contribution in [0, 0.1) is 0 Å². The Morgan fingerprint density at radius 1 is 1.17 bits per heavy atom. The summed E-state index contributed by atoms with van der Waals surface area (Å²) in [5.74, 6) is 0.480. The van der Waals surface area contributed by atoms with Crippen molar-refractivity contribution in [3.8, 4) is 5.75 Å². The Bertz CT molecular complexity index is 1080. The number of H-pyrrole nitrogens is 1. The van der Waals surface area contributed by atoms with Crippen LogP contribution in [-0.2, 0) is 4.79 Å². The number of hydrogen-bond donors (Lipinski definition) is 2. The van der Waals surface area contributed by atoms with Crippen molar-refractivity contribution in [3.63, 3.8) is 0 Å². The molecular formula is C22H22ClN3O3. The minimum Gasteiger partial charge on any atom is -0.489 e. The highest BCUT2D eigenvalue weighted by atomic mass is 35.5. The van der Waals surface area contributed by atoms with Crippen LogP contribution in [0.3, 0.4) is 0 Å². The molecule has 2 heterocycles. The number of rotatable bonds is 4. The Labute approximate surface area is 173 Å². The van der Waals surface area contributed by atoms with Gasteiger partial charge in [0.25, 0.3) is 5.56 Å². The van der Waals surface area contributed by atoms with Crippen molar-refractivity contribution in [2.45, 2.75) is 25.0 Å². The SMILES string of the molecule is N[C@H](C(=O)N1CCC(Oc2cc3cc[nH]c(=O)c3cc2Cl)CC1)c1ccccc1. The Kier molecular flexibility index (Phi) is 5.56. The van der Waals surface area contributed by atoms with Crippen molar-refractivity contribution in [2.75, 3.05) is 13.1 Å². The lowest BCUT2D eigenvalue weighted by Crippen LogP contribution is -2.45. The molecule has 7 heteroatoms. The van der Waals surface area contributed by atoms with Crippen LogP contribution in [0.4, 0.5) is 0 Å². The molecule has 1 saturated heterocycles. The Balaban J connectivity index is 1.40. The summed E-state index contributed by atoms with van der Waals surface area (Å²) >= 11 is 6.32. The molecule has 29 heavy (non-hydrogen) atoms. The molecule has 1 amide bonds. The van der Waals surface area contributed by atoms with Crippen molar-refractivity contribution in [1.29, 1.82) is 0 Å². The van der Waals surface area contributed by atoms with Crippen molar-refractivity contribution < 1.29 is 9.53 Å². The quantitative estimate of drug-likeness (QED) is 0.689. The van der Waals surface area contributed by atoms with Gasteiger partial charge in [-0.1, -0.05) is 41.9 Å². The number of carbonyl (C=O) groups is 1. The predicted octanol–water partition coefficient (Wildman–Crippen LogP) is 3.25. The summed E-state index contributed by atoms with van der Waals surface area (Å²) in [4.78, 5) is 29.0. The van der Waals surface area contributed by atoms with Crippen LogP contribution in [-0.4, -0.2) is 35.0 Å². The molecule has 2 aromatic carbocycles. The largest absolute Gasteiger partial charge is 0.489 e. The molecule has 150 valence electrons. The molecule has 3 aromatic rings. The maximum absolute atomic E-state index is 12.7. The van der Waals surface area contributed by atoms with Crippen molar-refractivity contribution in [2.24, 2.45) is 5.73 Å². The van der Waals surface area contributed by atoms with Gasteiger partial charge in [-0.05, 0) is 29.1 Å². The fourth-order valence-corrected chi connectivity index (χ4v) is 3.86. The zero-order valence-corrected chi connectivity index (χ0v) is 16.6. The van der Waals surface area contributed by atoms with Crippen LogP contribution >= 0.6 is 11.6 Å². The number of halogens is 1. The van der Waals surface area contributed by atoms with E-state index in [-0.39, 0.29) is 17.6 Å². The lowest BCUT2D eigenvalue weighted by molar-refractivity contribution is -0.134. The van der Waals surface area contributed by atoms with Crippen LogP contribution in [0.15, 0.2) is 59.5 Å². The van der Waals surface area contributed by atoms with E-state index < -0.39 is 6.04 Å². The third-order valence-electron chi connectivity index (χ3n) is 5.30. The number of hydrogen-bond acceptors (Lipinski definition) is 4. The van der Waals surface area contributed by atoms with Gasteiger partial charge in [0.2, 0.25) is 5.91 Å². The normalized spacial score (nSPS) is 16.0. The van der Waals surface area contributed by atoms with Gasteiger partial charge in [-0.2, -0.15) is 0 Å². The van der Waals surface area contributed by atoms with Gasteiger partial charge in [0.05, 0.1) is 5.02 Å². The van der Waals surface area contributed by atoms with Crippen LogP contribution in [0.25, 0.3) is 10.8 Å². The third kappa shape index (κ3) is 4.13. The summed E-state index contributed by atoms with van der Waals surface area (Å²) in [6.45, 7) is 1.16. The van der Waals surface area contributed by atoms with E-state index in [1.54, 1.807) is 23.2 Å². The van der Waals surface area contributed by atoms with Gasteiger partial charge in [-0.25, -0.2) is 0 Å². The number of nitrogens with zero attached hydrogens (tertiary/aromatic N) is 1. The highest BCUT2D eigenvalue weighted by Crippen LogP contribution is 2.31. The number of likely N-dealkylation sites (tertiary alicyclic amines) is 1. The fourth-order valence-electron chi connectivity index (χ4n) is 3.65. The number of aromatic amines is 1. The van der Waals surface area contributed by atoms with Gasteiger partial charge in [-0.15, -0.1) is 0 Å². The lowest BCUT2D eigenvalue weighted by atomic mass is 10.0. The number of piperidine rings is 1. The maximum Gasteiger partial charge on any atom is 0.255 e. The van der Waals surface area contributed by atoms with Crippen LogP contribution < -0.4 is 16.0 Å². The summed E-state index contributed by atoms with van der Waals surface area (Å²) in [5, 5.41) is 1.70. The molecule has 0 saturated carbocycles. The number of benzene rings is 2. The van der Waals surface area contributed by atoms with Gasteiger partial charge in [0, 0.05) is 37.5 Å². The van der Waals surface area contributed by atoms with E-state index in [0.717, 1.165) is 10.9 Å². The van der Waals surface area contributed by atoms with Crippen molar-refractivity contribution in [1.82, 2.24) is 9.88 Å². The molecule has 1 aromatic heterocycles. The van der Waals surface area contributed by atoms with E-state index in [0.29, 0.717) is 42.1 Å². The van der Waals surface area contributed by atoms with E-state index >= 15 is 0 Å². The first-order valence-corrected chi connectivity index (χ1v) is 9.97. The number of pyridine rings is 1. The average molecular weight is 412 g/mol. The van der Waals surface area contributed by atoms with Crippen molar-refractivity contribution >= 4 is 28.3 Å². The van der Waals surface area contributed by atoms with Gasteiger partial charge in [0.1, 0.15) is 17.9 Å². The first-order chi connectivity index (χ1) is 14.0. The second kappa shape index (κ2) is 8.27. The second-order valence-electron chi connectivity index (χ2n) is 7.21. The molecule has 4 rings (SSSR count). The molecule has 1 atom stereocenters. The van der Waals surface area contributed by atoms with E-state index in [1.807, 2.05) is 36.4 Å². The standard InChI is InChI=1S/C22H22ClN3O3/c23-18-13-17-15(6-9-25-21(17)27)12-19(18)29-16-7-10-26(11-8-16)22(28)20(24)14-4-2-1-3-5-14/h1-6,9,12-13,16,20H,7-8,10-11,24H2,(H,25,27)/t20-/m0/s1. The van der Waals surface area contributed by atoms with E-state index in [1.165, 1.54) is 0 Å². The summed E-state index contributed by atoms with van der Waals surface area (Å²) in [6.07, 6.45) is 2.93. The topological polar surface area (TPSA) is 88.4 Å². The van der Waals surface area contributed by atoms with E-state index in [2.05, 4.69) is 4.98 Å². The number of aromatic nitrogens is 1. The number of nitrogens with one attached hydrogen (secondary N) is 1. The van der Waals surface area contributed by atoms with Gasteiger partial charge in [0.15, 0.2) is 0 Å². The molecule has 0 spiro atoms. The summed E-state index contributed by atoms with van der Waals surface area (Å²) in [7, 11) is 0.